The molecule has 0 aromatic rings. The standard InChI is InChI=1S/C7H20N2O2Si/c1-4-10-12(3,6-9)11-7(2)5-8/h7H,4-6,8-9H2,1-3H3. The van der Waals surface area contributed by atoms with E-state index in [1.807, 2.05) is 20.4 Å². The fourth-order valence-electron chi connectivity index (χ4n) is 0.920. The van der Waals surface area contributed by atoms with Gasteiger partial charge in [0, 0.05) is 19.3 Å². The second-order valence-electron chi connectivity index (χ2n) is 2.94. The van der Waals surface area contributed by atoms with E-state index in [0.29, 0.717) is 19.3 Å². The van der Waals surface area contributed by atoms with Crippen LogP contribution in [0.1, 0.15) is 13.8 Å². The van der Waals surface area contributed by atoms with Crippen LogP contribution in [0.3, 0.4) is 0 Å². The van der Waals surface area contributed by atoms with E-state index in [4.69, 9.17) is 20.3 Å². The molecule has 4 N–H and O–H groups in total. The quantitative estimate of drug-likeness (QED) is 0.579. The van der Waals surface area contributed by atoms with Gasteiger partial charge in [-0.1, -0.05) is 0 Å². The van der Waals surface area contributed by atoms with Crippen LogP contribution in [0.4, 0.5) is 0 Å². The molecule has 0 aromatic carbocycles. The summed E-state index contributed by atoms with van der Waals surface area (Å²) in [6.45, 7) is 6.99. The van der Waals surface area contributed by atoms with E-state index in [2.05, 4.69) is 0 Å². The molecular weight excluding hydrogens is 172 g/mol. The first-order valence-corrected chi connectivity index (χ1v) is 6.82. The molecule has 0 spiro atoms. The molecule has 0 aliphatic heterocycles. The second kappa shape index (κ2) is 5.66. The molecule has 0 amide bonds. The molecule has 0 radical (unpaired) electrons. The lowest BCUT2D eigenvalue weighted by Crippen LogP contribution is -2.50. The minimum absolute atomic E-state index is 0.0387. The third-order valence-corrected chi connectivity index (χ3v) is 4.14. The lowest BCUT2D eigenvalue weighted by atomic mass is 10.4. The summed E-state index contributed by atoms with van der Waals surface area (Å²) < 4.78 is 11.1. The summed E-state index contributed by atoms with van der Waals surface area (Å²) in [5.41, 5.74) is 11.0. The molecule has 12 heavy (non-hydrogen) atoms. The van der Waals surface area contributed by atoms with E-state index in [-0.39, 0.29) is 6.10 Å². The number of hydrogen-bond acceptors (Lipinski definition) is 4. The van der Waals surface area contributed by atoms with Crippen LogP contribution in [-0.4, -0.2) is 34.0 Å². The van der Waals surface area contributed by atoms with Gasteiger partial charge in [-0.2, -0.15) is 0 Å². The lowest BCUT2D eigenvalue weighted by molar-refractivity contribution is 0.136. The molecule has 0 rings (SSSR count). The topological polar surface area (TPSA) is 70.5 Å². The molecule has 0 bridgehead atoms. The summed E-state index contributed by atoms with van der Waals surface area (Å²) >= 11 is 0. The minimum Gasteiger partial charge on any atom is -0.394 e. The molecule has 5 heteroatoms. The summed E-state index contributed by atoms with van der Waals surface area (Å²) in [4.78, 5) is 0. The molecule has 0 heterocycles. The third-order valence-electron chi connectivity index (χ3n) is 1.60. The first-order valence-electron chi connectivity index (χ1n) is 4.30. The number of nitrogens with two attached hydrogens (primary N) is 2. The molecule has 0 aliphatic rings. The van der Waals surface area contributed by atoms with E-state index in [0.717, 1.165) is 0 Å². The Morgan fingerprint density at radius 1 is 1.42 bits per heavy atom. The van der Waals surface area contributed by atoms with Gasteiger partial charge in [-0.15, -0.1) is 0 Å². The Kier molecular flexibility index (Phi) is 5.69. The zero-order valence-corrected chi connectivity index (χ0v) is 9.17. The Morgan fingerprint density at radius 3 is 2.33 bits per heavy atom. The molecule has 0 saturated carbocycles. The van der Waals surface area contributed by atoms with Crippen molar-refractivity contribution < 1.29 is 8.85 Å². The maximum Gasteiger partial charge on any atom is 0.349 e. The second-order valence-corrected chi connectivity index (χ2v) is 6.14. The average Bonchev–Trinajstić information content (AvgIpc) is 2.05. The fourth-order valence-corrected chi connectivity index (χ4v) is 2.76. The first kappa shape index (κ1) is 12.1. The fraction of sp³-hybridized carbons (Fsp3) is 1.00. The number of rotatable bonds is 6. The minimum atomic E-state index is -2.11. The highest BCUT2D eigenvalue weighted by atomic mass is 28.4. The van der Waals surface area contributed by atoms with Crippen LogP contribution in [0.15, 0.2) is 0 Å². The Hall–Kier alpha value is 0.0569. The predicted molar refractivity (Wildman–Crippen MR) is 51.9 cm³/mol. The molecule has 2 atom stereocenters. The van der Waals surface area contributed by atoms with Gasteiger partial charge in [0.05, 0.1) is 6.10 Å². The summed E-state index contributed by atoms with van der Waals surface area (Å²) in [6, 6.07) is 0. The summed E-state index contributed by atoms with van der Waals surface area (Å²) in [6.07, 6.45) is 0.516. The van der Waals surface area contributed by atoms with Crippen LogP contribution in [-0.2, 0) is 8.85 Å². The van der Waals surface area contributed by atoms with Crippen molar-refractivity contribution in [2.24, 2.45) is 11.5 Å². The van der Waals surface area contributed by atoms with Gasteiger partial charge in [-0.05, 0) is 20.4 Å². The number of hydrogen-bond donors (Lipinski definition) is 2. The predicted octanol–water partition coefficient (Wildman–Crippen LogP) is -0.0434. The summed E-state index contributed by atoms with van der Waals surface area (Å²) in [7, 11) is -2.11. The van der Waals surface area contributed by atoms with Gasteiger partial charge in [0.1, 0.15) is 0 Å². The summed E-state index contributed by atoms with van der Waals surface area (Å²) in [5, 5.41) is 0. The van der Waals surface area contributed by atoms with Gasteiger partial charge in [-0.3, -0.25) is 0 Å². The van der Waals surface area contributed by atoms with Crippen LogP contribution in [0.2, 0.25) is 6.55 Å². The SMILES string of the molecule is CCO[Si](C)(CN)OC(C)CN. The van der Waals surface area contributed by atoms with Gasteiger partial charge < -0.3 is 20.3 Å². The van der Waals surface area contributed by atoms with Gasteiger partial charge in [0.15, 0.2) is 0 Å². The Labute approximate surface area is 75.5 Å². The van der Waals surface area contributed by atoms with Crippen molar-refractivity contribution in [3.63, 3.8) is 0 Å². The molecule has 0 aliphatic carbocycles. The maximum atomic E-state index is 5.64. The molecule has 74 valence electrons. The zero-order valence-electron chi connectivity index (χ0n) is 8.17. The van der Waals surface area contributed by atoms with Crippen molar-refractivity contribution in [1.29, 1.82) is 0 Å². The highest BCUT2D eigenvalue weighted by Crippen LogP contribution is 2.07. The highest BCUT2D eigenvalue weighted by molar-refractivity contribution is 6.66. The highest BCUT2D eigenvalue weighted by Gasteiger charge is 2.30. The van der Waals surface area contributed by atoms with Crippen molar-refractivity contribution in [2.45, 2.75) is 26.5 Å². The van der Waals surface area contributed by atoms with E-state index in [9.17, 15) is 0 Å². The van der Waals surface area contributed by atoms with E-state index in [1.54, 1.807) is 0 Å². The normalized spacial score (nSPS) is 18.8. The summed E-state index contributed by atoms with van der Waals surface area (Å²) in [5.74, 6) is 0. The molecule has 0 aromatic heterocycles. The van der Waals surface area contributed by atoms with Gasteiger partial charge >= 0.3 is 8.56 Å². The molecule has 0 saturated heterocycles. The van der Waals surface area contributed by atoms with E-state index >= 15 is 0 Å². The van der Waals surface area contributed by atoms with Crippen LogP contribution in [0.5, 0.6) is 0 Å². The van der Waals surface area contributed by atoms with Gasteiger partial charge in [0.2, 0.25) is 0 Å². The Bertz CT molecular complexity index is 126. The average molecular weight is 192 g/mol. The van der Waals surface area contributed by atoms with Crippen molar-refractivity contribution >= 4 is 8.56 Å². The lowest BCUT2D eigenvalue weighted by Gasteiger charge is -2.28. The van der Waals surface area contributed by atoms with Crippen molar-refractivity contribution in [3.05, 3.63) is 0 Å². The van der Waals surface area contributed by atoms with Crippen molar-refractivity contribution in [3.8, 4) is 0 Å². The molecule has 0 fully saturated rings. The first-order chi connectivity index (χ1) is 5.58. The van der Waals surface area contributed by atoms with Crippen LogP contribution < -0.4 is 11.5 Å². The largest absolute Gasteiger partial charge is 0.394 e. The monoisotopic (exact) mass is 192 g/mol. The smallest absolute Gasteiger partial charge is 0.349 e. The van der Waals surface area contributed by atoms with E-state index < -0.39 is 8.56 Å². The van der Waals surface area contributed by atoms with Crippen molar-refractivity contribution in [1.82, 2.24) is 0 Å². The van der Waals surface area contributed by atoms with Crippen LogP contribution in [0.25, 0.3) is 0 Å². The van der Waals surface area contributed by atoms with Gasteiger partial charge in [-0.25, -0.2) is 0 Å². The molecule has 2 unspecified atom stereocenters. The van der Waals surface area contributed by atoms with Gasteiger partial charge in [0.25, 0.3) is 0 Å². The van der Waals surface area contributed by atoms with Crippen molar-refractivity contribution in [2.75, 3.05) is 19.3 Å². The van der Waals surface area contributed by atoms with E-state index in [1.165, 1.54) is 0 Å². The Morgan fingerprint density at radius 2 is 2.00 bits per heavy atom. The van der Waals surface area contributed by atoms with Crippen LogP contribution >= 0.6 is 0 Å². The van der Waals surface area contributed by atoms with Crippen LogP contribution in [0, 0.1) is 0 Å². The maximum absolute atomic E-state index is 5.64. The Balaban J connectivity index is 3.94. The molecule has 4 nitrogen and oxygen atoms in total. The zero-order chi connectivity index (χ0) is 9.61. The molecular formula is C7H20N2O2Si. The third kappa shape index (κ3) is 4.17.